The Morgan fingerprint density at radius 3 is 2.41 bits per heavy atom. The van der Waals surface area contributed by atoms with Crippen molar-refractivity contribution in [1.82, 2.24) is 25.1 Å². The lowest BCUT2D eigenvalue weighted by atomic mass is 9.98. The minimum Gasteiger partial charge on any atom is -0.388 e. The number of carbonyl (C=O) groups excluding carboxylic acids is 3. The fraction of sp³-hybridized carbons (Fsp3) is 0.367. The highest BCUT2D eigenvalue weighted by Crippen LogP contribution is 2.32. The second kappa shape index (κ2) is 10.9. The Morgan fingerprint density at radius 1 is 1.00 bits per heavy atom. The van der Waals surface area contributed by atoms with Crippen LogP contribution in [-0.2, 0) is 22.6 Å². The summed E-state index contributed by atoms with van der Waals surface area (Å²) < 4.78 is 0. The smallest absolute Gasteiger partial charge is 0.331 e. The van der Waals surface area contributed by atoms with Gasteiger partial charge in [-0.2, -0.15) is 5.01 Å². The van der Waals surface area contributed by atoms with E-state index < -0.39 is 12.2 Å². The van der Waals surface area contributed by atoms with Crippen LogP contribution >= 0.6 is 0 Å². The molecule has 0 aromatic heterocycles. The minimum atomic E-state index is -0.671. The second-order valence-corrected chi connectivity index (χ2v) is 10.4. The molecule has 2 N–H and O–H groups in total. The first-order valence-corrected chi connectivity index (χ1v) is 13.4. The summed E-state index contributed by atoms with van der Waals surface area (Å²) in [5.74, 6) is -0.229. The number of anilines is 1. The predicted octanol–water partition coefficient (Wildman–Crippen LogP) is 3.27. The average Bonchev–Trinajstić information content (AvgIpc) is 3.26. The molecule has 4 amide bonds. The van der Waals surface area contributed by atoms with Crippen molar-refractivity contribution in [2.75, 3.05) is 32.5 Å². The van der Waals surface area contributed by atoms with Gasteiger partial charge in [0.25, 0.3) is 0 Å². The molecule has 2 aliphatic heterocycles. The number of nitrogens with one attached hydrogen (secondary N) is 2. The largest absolute Gasteiger partial charge is 0.388 e. The van der Waals surface area contributed by atoms with Crippen molar-refractivity contribution in [1.29, 1.82) is 0 Å². The number of piperazine rings is 1. The van der Waals surface area contributed by atoms with Gasteiger partial charge in [0.15, 0.2) is 0 Å². The summed E-state index contributed by atoms with van der Waals surface area (Å²) in [5.41, 5.74) is 3.00. The number of carbonyl (C=O) groups is 3. The van der Waals surface area contributed by atoms with Crippen LogP contribution in [-0.4, -0.2) is 83.1 Å². The van der Waals surface area contributed by atoms with Gasteiger partial charge < -0.3 is 20.4 Å². The normalized spacial score (nSPS) is 19.5. The van der Waals surface area contributed by atoms with E-state index in [0.717, 1.165) is 27.6 Å². The van der Waals surface area contributed by atoms with Crippen LogP contribution in [0.2, 0.25) is 0 Å². The number of hydrazine groups is 1. The number of hydrogen-bond acceptors (Lipinski definition) is 5. The summed E-state index contributed by atoms with van der Waals surface area (Å²) in [7, 11) is 3.45. The molecule has 2 aliphatic rings. The molecular weight excluding hydrogens is 492 g/mol. The summed E-state index contributed by atoms with van der Waals surface area (Å²) in [6.07, 6.45) is -0.0569. The molecule has 0 aliphatic carbocycles. The first kappa shape index (κ1) is 26.5. The van der Waals surface area contributed by atoms with Gasteiger partial charge in [-0.3, -0.25) is 14.6 Å². The van der Waals surface area contributed by atoms with Crippen LogP contribution in [0.4, 0.5) is 10.5 Å². The first-order chi connectivity index (χ1) is 18.8. The highest BCUT2D eigenvalue weighted by atomic mass is 16.2. The van der Waals surface area contributed by atoms with Gasteiger partial charge in [-0.25, -0.2) is 4.79 Å². The zero-order chi connectivity index (χ0) is 27.7. The van der Waals surface area contributed by atoms with E-state index in [-0.39, 0.29) is 30.4 Å². The minimum absolute atomic E-state index is 0.0425. The molecule has 3 aromatic carbocycles. The zero-order valence-corrected chi connectivity index (χ0v) is 22.9. The Hall–Kier alpha value is -4.11. The topological polar surface area (TPSA) is 88.2 Å². The summed E-state index contributed by atoms with van der Waals surface area (Å²) in [6.45, 7) is 4.61. The molecule has 2 fully saturated rings. The van der Waals surface area contributed by atoms with Gasteiger partial charge in [0.2, 0.25) is 11.8 Å². The summed E-state index contributed by atoms with van der Waals surface area (Å²) in [6, 6.07) is 21.1. The van der Waals surface area contributed by atoms with Crippen LogP contribution in [0.15, 0.2) is 66.7 Å². The van der Waals surface area contributed by atoms with Crippen LogP contribution in [0.3, 0.4) is 0 Å². The number of hydrogen-bond donors (Lipinski definition) is 2. The molecule has 2 heterocycles. The van der Waals surface area contributed by atoms with E-state index in [2.05, 4.69) is 34.9 Å². The highest BCUT2D eigenvalue weighted by Gasteiger charge is 2.52. The molecule has 0 spiro atoms. The molecule has 3 aromatic rings. The van der Waals surface area contributed by atoms with Crippen molar-refractivity contribution < 1.29 is 14.4 Å². The number of urea groups is 1. The van der Waals surface area contributed by atoms with Crippen LogP contribution < -0.4 is 10.6 Å². The molecule has 5 rings (SSSR count). The van der Waals surface area contributed by atoms with E-state index in [1.165, 1.54) is 0 Å². The van der Waals surface area contributed by atoms with Crippen molar-refractivity contribution in [2.24, 2.45) is 0 Å². The molecule has 9 nitrogen and oxygen atoms in total. The zero-order valence-electron chi connectivity index (χ0n) is 22.9. The monoisotopic (exact) mass is 528 g/mol. The maximum absolute atomic E-state index is 14.1. The third kappa shape index (κ3) is 5.02. The Kier molecular flexibility index (Phi) is 7.43. The molecule has 0 unspecified atom stereocenters. The molecular formula is C30H36N6O3. The number of fused-ring (bicyclic) bond motifs is 2. The van der Waals surface area contributed by atoms with E-state index in [1.807, 2.05) is 73.3 Å². The Morgan fingerprint density at radius 2 is 1.72 bits per heavy atom. The SMILES string of the molecule is CNC(=O)N(C(C)C)N1CC(=O)N2[C@@H](Cc3ccc(NC)cc3)C(=O)N(Cc3cccc4ccccc34)C[C@@H]21. The standard InChI is InChI=1S/C30H36N6O3/c1-20(2)36(30(39)32-4)34-19-28(37)35-26(16-21-12-14-24(31-3)15-13-21)29(38)33(18-27(34)35)17-23-10-7-9-22-8-5-6-11-25(22)23/h5-15,20,26-27,31H,16-19H2,1-4H3,(H,32,39)/t26-,27+/m0/s1. The molecule has 9 heteroatoms. The molecule has 2 atom stereocenters. The van der Waals surface area contributed by atoms with E-state index in [0.29, 0.717) is 19.5 Å². The third-order valence-corrected chi connectivity index (χ3v) is 7.67. The van der Waals surface area contributed by atoms with E-state index in [4.69, 9.17) is 0 Å². The van der Waals surface area contributed by atoms with Crippen molar-refractivity contribution in [3.8, 4) is 0 Å². The van der Waals surface area contributed by atoms with Crippen molar-refractivity contribution in [3.05, 3.63) is 77.9 Å². The van der Waals surface area contributed by atoms with Crippen LogP contribution in [0.25, 0.3) is 10.8 Å². The fourth-order valence-corrected chi connectivity index (χ4v) is 5.79. The van der Waals surface area contributed by atoms with E-state index in [9.17, 15) is 14.4 Å². The Labute approximate surface area is 229 Å². The van der Waals surface area contributed by atoms with Gasteiger partial charge >= 0.3 is 6.03 Å². The Bertz CT molecular complexity index is 1370. The number of rotatable bonds is 7. The number of amides is 4. The van der Waals surface area contributed by atoms with Gasteiger partial charge in [0.05, 0.1) is 13.1 Å². The Balaban J connectivity index is 1.52. The number of benzene rings is 3. The van der Waals surface area contributed by atoms with Gasteiger partial charge in [0.1, 0.15) is 12.2 Å². The van der Waals surface area contributed by atoms with E-state index >= 15 is 0 Å². The summed E-state index contributed by atoms with van der Waals surface area (Å²) in [4.78, 5) is 44.0. The molecule has 39 heavy (non-hydrogen) atoms. The lowest BCUT2D eigenvalue weighted by molar-refractivity contribution is -0.158. The highest BCUT2D eigenvalue weighted by molar-refractivity contribution is 5.92. The predicted molar refractivity (Wildman–Crippen MR) is 152 cm³/mol. The first-order valence-electron chi connectivity index (χ1n) is 13.4. The van der Waals surface area contributed by atoms with Crippen molar-refractivity contribution in [3.63, 3.8) is 0 Å². The number of nitrogens with zero attached hydrogens (tertiary/aromatic N) is 4. The lowest BCUT2D eigenvalue weighted by Crippen LogP contribution is -2.66. The maximum Gasteiger partial charge on any atom is 0.331 e. The van der Waals surface area contributed by atoms with Gasteiger partial charge in [-0.05, 0) is 47.9 Å². The van der Waals surface area contributed by atoms with Gasteiger partial charge in [-0.15, -0.1) is 0 Å². The van der Waals surface area contributed by atoms with E-state index in [1.54, 1.807) is 17.0 Å². The molecule has 2 saturated heterocycles. The van der Waals surface area contributed by atoms with Crippen LogP contribution in [0.1, 0.15) is 25.0 Å². The summed E-state index contributed by atoms with van der Waals surface area (Å²) in [5, 5.41) is 11.5. The second-order valence-electron chi connectivity index (χ2n) is 10.4. The molecule has 0 radical (unpaired) electrons. The fourth-order valence-electron chi connectivity index (χ4n) is 5.79. The molecule has 0 bridgehead atoms. The van der Waals surface area contributed by atoms with Gasteiger partial charge in [0, 0.05) is 38.8 Å². The van der Waals surface area contributed by atoms with Crippen LogP contribution in [0, 0.1) is 0 Å². The summed E-state index contributed by atoms with van der Waals surface area (Å²) >= 11 is 0. The van der Waals surface area contributed by atoms with Crippen LogP contribution in [0.5, 0.6) is 0 Å². The maximum atomic E-state index is 14.1. The molecule has 0 saturated carbocycles. The van der Waals surface area contributed by atoms with Gasteiger partial charge in [-0.1, -0.05) is 54.6 Å². The quantitative estimate of drug-likeness (QED) is 0.492. The van der Waals surface area contributed by atoms with Crippen molar-refractivity contribution >= 4 is 34.3 Å². The lowest BCUT2D eigenvalue weighted by Gasteiger charge is -2.47. The molecule has 204 valence electrons. The average molecular weight is 529 g/mol. The third-order valence-electron chi connectivity index (χ3n) is 7.67. The van der Waals surface area contributed by atoms with Crippen molar-refractivity contribution in [2.45, 2.75) is 45.1 Å².